The first-order valence-electron chi connectivity index (χ1n) is 6.25. The van der Waals surface area contributed by atoms with Crippen LogP contribution in [0.15, 0.2) is 18.2 Å². The van der Waals surface area contributed by atoms with Gasteiger partial charge in [0, 0.05) is 12.6 Å². The summed E-state index contributed by atoms with van der Waals surface area (Å²) in [7, 11) is 1.54. The Kier molecular flexibility index (Phi) is 3.76. The van der Waals surface area contributed by atoms with Gasteiger partial charge in [-0.05, 0) is 38.8 Å². The highest BCUT2D eigenvalue weighted by molar-refractivity contribution is 5.56. The zero-order valence-electron chi connectivity index (χ0n) is 11.1. The molecule has 1 aromatic carbocycles. The third kappa shape index (κ3) is 3.13. The summed E-state index contributed by atoms with van der Waals surface area (Å²) in [6.45, 7) is 4.92. The Hall–Kier alpha value is -1.29. The molecule has 1 aliphatic rings. The van der Waals surface area contributed by atoms with Crippen LogP contribution in [0, 0.1) is 5.82 Å². The van der Waals surface area contributed by atoms with Gasteiger partial charge in [0.25, 0.3) is 0 Å². The van der Waals surface area contributed by atoms with Gasteiger partial charge in [0.2, 0.25) is 0 Å². The fraction of sp³-hybridized carbons (Fsp3) is 0.571. The lowest BCUT2D eigenvalue weighted by atomic mass is 10.1. The molecule has 0 amide bonds. The van der Waals surface area contributed by atoms with E-state index in [4.69, 9.17) is 9.47 Å². The minimum absolute atomic E-state index is 0.0285. The second-order valence-corrected chi connectivity index (χ2v) is 5.26. The van der Waals surface area contributed by atoms with Gasteiger partial charge in [0.05, 0.1) is 24.5 Å². The summed E-state index contributed by atoms with van der Waals surface area (Å²) in [4.78, 5) is 0. The molecule has 0 bridgehead atoms. The van der Waals surface area contributed by atoms with E-state index in [1.54, 1.807) is 6.07 Å². The Morgan fingerprint density at radius 1 is 1.50 bits per heavy atom. The molecule has 1 unspecified atom stereocenters. The molecule has 0 radical (unpaired) electrons. The number of benzene rings is 1. The second-order valence-electron chi connectivity index (χ2n) is 5.26. The van der Waals surface area contributed by atoms with Gasteiger partial charge in [0.1, 0.15) is 11.6 Å². The minimum Gasteiger partial charge on any atom is -0.494 e. The van der Waals surface area contributed by atoms with E-state index in [0.717, 1.165) is 18.5 Å². The van der Waals surface area contributed by atoms with Gasteiger partial charge in [-0.25, -0.2) is 4.39 Å². The summed E-state index contributed by atoms with van der Waals surface area (Å²) in [6.07, 6.45) is 2.32. The smallest absolute Gasteiger partial charge is 0.144 e. The van der Waals surface area contributed by atoms with Gasteiger partial charge in [-0.2, -0.15) is 0 Å². The van der Waals surface area contributed by atoms with Crippen molar-refractivity contribution in [2.45, 2.75) is 38.4 Å². The van der Waals surface area contributed by atoms with E-state index >= 15 is 0 Å². The van der Waals surface area contributed by atoms with Gasteiger partial charge in [-0.3, -0.25) is 0 Å². The van der Waals surface area contributed by atoms with Gasteiger partial charge in [0.15, 0.2) is 0 Å². The Balaban J connectivity index is 1.94. The van der Waals surface area contributed by atoms with Crippen LogP contribution in [0.5, 0.6) is 5.75 Å². The number of ether oxygens (including phenoxy) is 2. The average Bonchev–Trinajstić information content (AvgIpc) is 2.67. The summed E-state index contributed by atoms with van der Waals surface area (Å²) in [5, 5.41) is 3.25. The van der Waals surface area contributed by atoms with Gasteiger partial charge in [-0.15, -0.1) is 0 Å². The molecule has 1 heterocycles. The van der Waals surface area contributed by atoms with Crippen LogP contribution in [0.1, 0.15) is 26.7 Å². The van der Waals surface area contributed by atoms with Crippen LogP contribution < -0.4 is 10.1 Å². The first kappa shape index (κ1) is 13.1. The summed E-state index contributed by atoms with van der Waals surface area (Å²) in [6, 6.07) is 4.49. The van der Waals surface area contributed by atoms with Crippen molar-refractivity contribution in [2.24, 2.45) is 0 Å². The minimum atomic E-state index is -0.296. The van der Waals surface area contributed by atoms with Crippen LogP contribution >= 0.6 is 0 Å². The molecule has 1 N–H and O–H groups in total. The molecule has 100 valence electrons. The number of rotatable bonds is 4. The van der Waals surface area contributed by atoms with Crippen LogP contribution in [0.2, 0.25) is 0 Å². The topological polar surface area (TPSA) is 30.5 Å². The van der Waals surface area contributed by atoms with E-state index in [1.807, 2.05) is 0 Å². The Bertz CT molecular complexity index is 420. The predicted octanol–water partition coefficient (Wildman–Crippen LogP) is 3.20. The van der Waals surface area contributed by atoms with Crippen LogP contribution in [0.4, 0.5) is 10.1 Å². The molecule has 18 heavy (non-hydrogen) atoms. The molecule has 1 atom stereocenters. The van der Waals surface area contributed by atoms with Gasteiger partial charge >= 0.3 is 0 Å². The van der Waals surface area contributed by atoms with Crippen LogP contribution in [-0.4, -0.2) is 25.4 Å². The van der Waals surface area contributed by atoms with Gasteiger partial charge < -0.3 is 14.8 Å². The zero-order chi connectivity index (χ0) is 13.2. The molecule has 0 aliphatic carbocycles. The highest BCUT2D eigenvalue weighted by Gasteiger charge is 2.31. The fourth-order valence-electron chi connectivity index (χ4n) is 2.26. The molecule has 1 aromatic rings. The number of anilines is 1. The molecule has 1 saturated heterocycles. The quantitative estimate of drug-likeness (QED) is 0.893. The third-order valence-electron chi connectivity index (χ3n) is 3.24. The summed E-state index contributed by atoms with van der Waals surface area (Å²) < 4.78 is 24.1. The molecule has 2 rings (SSSR count). The molecule has 1 aliphatic heterocycles. The second kappa shape index (κ2) is 5.14. The van der Waals surface area contributed by atoms with Crippen molar-refractivity contribution in [3.05, 3.63) is 24.0 Å². The number of halogens is 1. The third-order valence-corrected chi connectivity index (χ3v) is 3.24. The van der Waals surface area contributed by atoms with E-state index < -0.39 is 0 Å². The standard InChI is InChI=1S/C14H20FNO2/c1-14(2)7-6-11(18-14)9-16-12-5-4-10(15)8-13(12)17-3/h4-5,8,11,16H,6-7,9H2,1-3H3. The lowest BCUT2D eigenvalue weighted by molar-refractivity contribution is -0.00911. The van der Waals surface area contributed by atoms with Crippen molar-refractivity contribution in [1.29, 1.82) is 0 Å². The van der Waals surface area contributed by atoms with Crippen molar-refractivity contribution in [1.82, 2.24) is 0 Å². The number of nitrogens with one attached hydrogen (secondary N) is 1. The van der Waals surface area contributed by atoms with Crippen LogP contribution in [-0.2, 0) is 4.74 Å². The lowest BCUT2D eigenvalue weighted by Crippen LogP contribution is -2.24. The van der Waals surface area contributed by atoms with Crippen LogP contribution in [0.3, 0.4) is 0 Å². The monoisotopic (exact) mass is 253 g/mol. The average molecular weight is 253 g/mol. The normalized spacial score (nSPS) is 21.9. The van der Waals surface area contributed by atoms with E-state index in [2.05, 4.69) is 19.2 Å². The Morgan fingerprint density at radius 3 is 2.89 bits per heavy atom. The van der Waals surface area contributed by atoms with E-state index in [1.165, 1.54) is 19.2 Å². The maximum absolute atomic E-state index is 13.0. The van der Waals surface area contributed by atoms with Crippen molar-refractivity contribution < 1.29 is 13.9 Å². The molecule has 0 spiro atoms. The van der Waals surface area contributed by atoms with Crippen molar-refractivity contribution >= 4 is 5.69 Å². The summed E-state index contributed by atoms with van der Waals surface area (Å²) in [5.74, 6) is 0.225. The predicted molar refractivity (Wildman–Crippen MR) is 69.6 cm³/mol. The Labute approximate surface area is 107 Å². The lowest BCUT2D eigenvalue weighted by Gasteiger charge is -2.20. The van der Waals surface area contributed by atoms with Crippen molar-refractivity contribution in [3.63, 3.8) is 0 Å². The van der Waals surface area contributed by atoms with Crippen LogP contribution in [0.25, 0.3) is 0 Å². The summed E-state index contributed by atoms with van der Waals surface area (Å²) in [5.41, 5.74) is 0.770. The number of hydrogen-bond acceptors (Lipinski definition) is 3. The maximum atomic E-state index is 13.0. The van der Waals surface area contributed by atoms with E-state index in [-0.39, 0.29) is 17.5 Å². The molecule has 1 fully saturated rings. The molecule has 0 aromatic heterocycles. The summed E-state index contributed by atoms with van der Waals surface area (Å²) >= 11 is 0. The molecule has 3 nitrogen and oxygen atoms in total. The molecule has 4 heteroatoms. The SMILES string of the molecule is COc1cc(F)ccc1NCC1CCC(C)(C)O1. The van der Waals surface area contributed by atoms with Crippen molar-refractivity contribution in [2.75, 3.05) is 19.0 Å². The highest BCUT2D eigenvalue weighted by Crippen LogP contribution is 2.30. The number of hydrogen-bond donors (Lipinski definition) is 1. The maximum Gasteiger partial charge on any atom is 0.144 e. The zero-order valence-corrected chi connectivity index (χ0v) is 11.1. The fourth-order valence-corrected chi connectivity index (χ4v) is 2.26. The first-order valence-corrected chi connectivity index (χ1v) is 6.25. The Morgan fingerprint density at radius 2 is 2.28 bits per heavy atom. The van der Waals surface area contributed by atoms with Gasteiger partial charge in [-0.1, -0.05) is 0 Å². The molecule has 0 saturated carbocycles. The van der Waals surface area contributed by atoms with E-state index in [0.29, 0.717) is 12.3 Å². The number of methoxy groups -OCH3 is 1. The first-order chi connectivity index (χ1) is 8.50. The highest BCUT2D eigenvalue weighted by atomic mass is 19.1. The molecular weight excluding hydrogens is 233 g/mol. The molecular formula is C14H20FNO2. The largest absolute Gasteiger partial charge is 0.494 e. The van der Waals surface area contributed by atoms with Crippen molar-refractivity contribution in [3.8, 4) is 5.75 Å². The van der Waals surface area contributed by atoms with E-state index in [9.17, 15) is 4.39 Å².